The number of nitrogens with zero attached hydrogens (tertiary/aromatic N) is 1. The molecule has 0 aliphatic carbocycles. The molecule has 3 rings (SSSR count). The van der Waals surface area contributed by atoms with Gasteiger partial charge < -0.3 is 24.1 Å². The average Bonchev–Trinajstić information content (AvgIpc) is 3.19. The quantitative estimate of drug-likeness (QED) is 0.932. The highest BCUT2D eigenvalue weighted by molar-refractivity contribution is 5.74. The second kappa shape index (κ2) is 6.30. The standard InChI is InChI=1S/C16H24N2O4/c1-12(14-6-4-8-20-14)17-15(19)18-7-3-5-13(11-18)16(2)21-9-10-22-16/h4,6,8,12-13H,3,5,7,9-11H2,1-2H3,(H,17,19)/t12-,13+/m0/s1. The van der Waals surface area contributed by atoms with Gasteiger partial charge in [-0.3, -0.25) is 0 Å². The first-order valence-corrected chi connectivity index (χ1v) is 7.95. The molecule has 0 saturated carbocycles. The molecule has 3 heterocycles. The molecule has 1 aromatic heterocycles. The van der Waals surface area contributed by atoms with Crippen LogP contribution in [0, 0.1) is 5.92 Å². The van der Waals surface area contributed by atoms with Gasteiger partial charge in [0.25, 0.3) is 0 Å². The van der Waals surface area contributed by atoms with Gasteiger partial charge in [0.1, 0.15) is 5.76 Å². The molecular weight excluding hydrogens is 284 g/mol. The number of furan rings is 1. The van der Waals surface area contributed by atoms with Gasteiger partial charge in [-0.15, -0.1) is 0 Å². The molecule has 22 heavy (non-hydrogen) atoms. The summed E-state index contributed by atoms with van der Waals surface area (Å²) < 4.78 is 16.8. The van der Waals surface area contributed by atoms with Gasteiger partial charge in [-0.25, -0.2) is 4.79 Å². The average molecular weight is 308 g/mol. The predicted octanol–water partition coefficient (Wildman–Crippen LogP) is 2.53. The zero-order valence-corrected chi connectivity index (χ0v) is 13.2. The Kier molecular flexibility index (Phi) is 4.40. The maximum absolute atomic E-state index is 12.5. The van der Waals surface area contributed by atoms with Crippen LogP contribution < -0.4 is 5.32 Å². The minimum atomic E-state index is -0.550. The molecular formula is C16H24N2O4. The highest BCUT2D eigenvalue weighted by Crippen LogP contribution is 2.34. The van der Waals surface area contributed by atoms with Crippen molar-refractivity contribution in [2.75, 3.05) is 26.3 Å². The van der Waals surface area contributed by atoms with Gasteiger partial charge >= 0.3 is 6.03 Å². The minimum Gasteiger partial charge on any atom is -0.467 e. The van der Waals surface area contributed by atoms with E-state index in [2.05, 4.69) is 5.32 Å². The van der Waals surface area contributed by atoms with Gasteiger partial charge in [0, 0.05) is 19.0 Å². The fraction of sp³-hybridized carbons (Fsp3) is 0.688. The number of piperidine rings is 1. The van der Waals surface area contributed by atoms with Crippen LogP contribution in [0.25, 0.3) is 0 Å². The molecule has 2 saturated heterocycles. The maximum atomic E-state index is 12.5. The van der Waals surface area contributed by atoms with E-state index in [9.17, 15) is 4.79 Å². The Labute approximate surface area is 130 Å². The summed E-state index contributed by atoms with van der Waals surface area (Å²) in [6.07, 6.45) is 3.61. The molecule has 122 valence electrons. The zero-order chi connectivity index (χ0) is 15.6. The van der Waals surface area contributed by atoms with Gasteiger partial charge in [-0.2, -0.15) is 0 Å². The van der Waals surface area contributed by atoms with E-state index in [0.29, 0.717) is 19.8 Å². The molecule has 0 radical (unpaired) electrons. The lowest BCUT2D eigenvalue weighted by Gasteiger charge is -2.40. The molecule has 1 N–H and O–H groups in total. The Hall–Kier alpha value is -1.53. The van der Waals surface area contributed by atoms with E-state index in [4.69, 9.17) is 13.9 Å². The van der Waals surface area contributed by atoms with Crippen molar-refractivity contribution in [1.29, 1.82) is 0 Å². The Morgan fingerprint density at radius 2 is 2.23 bits per heavy atom. The van der Waals surface area contributed by atoms with E-state index in [-0.39, 0.29) is 18.0 Å². The monoisotopic (exact) mass is 308 g/mol. The second-order valence-electron chi connectivity index (χ2n) is 6.18. The molecule has 2 atom stereocenters. The number of amides is 2. The molecule has 6 heteroatoms. The van der Waals surface area contributed by atoms with Gasteiger partial charge in [-0.1, -0.05) is 0 Å². The number of urea groups is 1. The fourth-order valence-electron chi connectivity index (χ4n) is 3.24. The summed E-state index contributed by atoms with van der Waals surface area (Å²) in [6.45, 7) is 6.60. The van der Waals surface area contributed by atoms with E-state index < -0.39 is 5.79 Å². The van der Waals surface area contributed by atoms with Crippen LogP contribution in [0.5, 0.6) is 0 Å². The summed E-state index contributed by atoms with van der Waals surface area (Å²) >= 11 is 0. The number of rotatable bonds is 3. The molecule has 2 fully saturated rings. The van der Waals surface area contributed by atoms with Crippen LogP contribution in [0.2, 0.25) is 0 Å². The van der Waals surface area contributed by atoms with Crippen molar-refractivity contribution in [1.82, 2.24) is 10.2 Å². The van der Waals surface area contributed by atoms with Gasteiger partial charge in [0.05, 0.1) is 25.5 Å². The smallest absolute Gasteiger partial charge is 0.317 e. The summed E-state index contributed by atoms with van der Waals surface area (Å²) in [4.78, 5) is 14.3. The lowest BCUT2D eigenvalue weighted by molar-refractivity contribution is -0.189. The first-order chi connectivity index (χ1) is 10.6. The molecule has 0 unspecified atom stereocenters. The van der Waals surface area contributed by atoms with E-state index >= 15 is 0 Å². The number of ether oxygens (including phenoxy) is 2. The number of hydrogen-bond acceptors (Lipinski definition) is 4. The summed E-state index contributed by atoms with van der Waals surface area (Å²) in [6, 6.07) is 3.49. The summed E-state index contributed by atoms with van der Waals surface area (Å²) in [5, 5.41) is 2.99. The van der Waals surface area contributed by atoms with Crippen LogP contribution in [0.1, 0.15) is 38.5 Å². The van der Waals surface area contributed by atoms with Crippen molar-refractivity contribution in [3.05, 3.63) is 24.2 Å². The topological polar surface area (TPSA) is 63.9 Å². The molecule has 1 aromatic rings. The molecule has 0 aromatic carbocycles. The van der Waals surface area contributed by atoms with Gasteiger partial charge in [-0.05, 0) is 38.8 Å². The third-order valence-corrected chi connectivity index (χ3v) is 4.62. The number of carbonyl (C=O) groups excluding carboxylic acids is 1. The minimum absolute atomic E-state index is 0.0600. The molecule has 2 aliphatic heterocycles. The van der Waals surface area contributed by atoms with Crippen LogP contribution in [0.3, 0.4) is 0 Å². The maximum Gasteiger partial charge on any atom is 0.317 e. The van der Waals surface area contributed by atoms with Gasteiger partial charge in [0.2, 0.25) is 0 Å². The third-order valence-electron chi connectivity index (χ3n) is 4.62. The molecule has 6 nitrogen and oxygen atoms in total. The van der Waals surface area contributed by atoms with E-state index in [0.717, 1.165) is 25.1 Å². The van der Waals surface area contributed by atoms with Crippen molar-refractivity contribution in [2.45, 2.75) is 38.5 Å². The lowest BCUT2D eigenvalue weighted by atomic mass is 9.90. The van der Waals surface area contributed by atoms with Crippen molar-refractivity contribution in [3.63, 3.8) is 0 Å². The van der Waals surface area contributed by atoms with Gasteiger partial charge in [0.15, 0.2) is 5.79 Å². The summed E-state index contributed by atoms with van der Waals surface area (Å²) in [5.41, 5.74) is 0. The SMILES string of the molecule is C[C@H](NC(=O)N1CCC[C@@H](C2(C)OCCO2)C1)c1ccco1. The molecule has 0 spiro atoms. The van der Waals surface area contributed by atoms with E-state index in [1.165, 1.54) is 0 Å². The highest BCUT2D eigenvalue weighted by Gasteiger charge is 2.42. The Morgan fingerprint density at radius 3 is 2.91 bits per heavy atom. The van der Waals surface area contributed by atoms with E-state index in [1.54, 1.807) is 6.26 Å². The number of hydrogen-bond donors (Lipinski definition) is 1. The Bertz CT molecular complexity index is 496. The van der Waals surface area contributed by atoms with E-state index in [1.807, 2.05) is 30.9 Å². The Morgan fingerprint density at radius 1 is 1.45 bits per heavy atom. The first kappa shape index (κ1) is 15.4. The van der Waals surface area contributed by atoms with Crippen molar-refractivity contribution >= 4 is 6.03 Å². The van der Waals surface area contributed by atoms with Crippen LogP contribution in [0.15, 0.2) is 22.8 Å². The van der Waals surface area contributed by atoms with Crippen LogP contribution in [-0.2, 0) is 9.47 Å². The summed E-state index contributed by atoms with van der Waals surface area (Å²) in [5.74, 6) is 0.427. The van der Waals surface area contributed by atoms with Crippen LogP contribution >= 0.6 is 0 Å². The van der Waals surface area contributed by atoms with Crippen molar-refractivity contribution in [2.24, 2.45) is 5.92 Å². The lowest BCUT2D eigenvalue weighted by Crippen LogP contribution is -2.51. The number of nitrogens with one attached hydrogen (secondary N) is 1. The third kappa shape index (κ3) is 3.13. The van der Waals surface area contributed by atoms with Crippen LogP contribution in [-0.4, -0.2) is 43.0 Å². The van der Waals surface area contributed by atoms with Crippen molar-refractivity contribution in [3.8, 4) is 0 Å². The zero-order valence-electron chi connectivity index (χ0n) is 13.2. The molecule has 2 amide bonds. The second-order valence-corrected chi connectivity index (χ2v) is 6.18. The first-order valence-electron chi connectivity index (χ1n) is 7.95. The number of carbonyl (C=O) groups is 1. The Balaban J connectivity index is 1.58. The highest BCUT2D eigenvalue weighted by atomic mass is 16.7. The molecule has 2 aliphatic rings. The van der Waals surface area contributed by atoms with Crippen molar-refractivity contribution < 1.29 is 18.7 Å². The normalized spacial score (nSPS) is 25.9. The number of likely N-dealkylation sites (tertiary alicyclic amines) is 1. The predicted molar refractivity (Wildman–Crippen MR) is 80.3 cm³/mol. The summed E-state index contributed by atoms with van der Waals surface area (Å²) in [7, 11) is 0. The fourth-order valence-corrected chi connectivity index (χ4v) is 3.24. The largest absolute Gasteiger partial charge is 0.467 e. The van der Waals surface area contributed by atoms with Crippen LogP contribution in [0.4, 0.5) is 4.79 Å². The molecule has 0 bridgehead atoms.